The number of hydrogen-bond acceptors (Lipinski definition) is 5. The molecule has 1 aromatic carbocycles. The van der Waals surface area contributed by atoms with Gasteiger partial charge in [-0.25, -0.2) is 4.79 Å². The number of hydrogen-bond donors (Lipinski definition) is 2. The number of rotatable bonds is 4. The predicted octanol–water partition coefficient (Wildman–Crippen LogP) is -0.499. The number of carbonyl (C=O) groups is 2. The van der Waals surface area contributed by atoms with Gasteiger partial charge < -0.3 is 25.4 Å². The lowest BCUT2D eigenvalue weighted by molar-refractivity contribution is -0.407. The van der Waals surface area contributed by atoms with Gasteiger partial charge in [0.05, 0.1) is 5.56 Å². The van der Waals surface area contributed by atoms with Gasteiger partial charge in [0.1, 0.15) is 5.58 Å². The fraction of sp³-hybridized carbons (Fsp3) is 0.214. The Labute approximate surface area is 131 Å². The van der Waals surface area contributed by atoms with E-state index in [9.17, 15) is 32.7 Å². The number of quaternary nitrogens is 1. The summed E-state index contributed by atoms with van der Waals surface area (Å²) >= 11 is 0. The first-order valence-electron chi connectivity index (χ1n) is 6.57. The fourth-order valence-electron chi connectivity index (χ4n) is 2.01. The van der Waals surface area contributed by atoms with Crippen LogP contribution in [0.4, 0.5) is 18.9 Å². The summed E-state index contributed by atoms with van der Waals surface area (Å²) in [7, 11) is 0. The second-order valence-electron chi connectivity index (χ2n) is 4.95. The summed E-state index contributed by atoms with van der Waals surface area (Å²) in [6, 6.07) is 2.43. The van der Waals surface area contributed by atoms with Gasteiger partial charge in [0.2, 0.25) is 0 Å². The molecule has 24 heavy (non-hydrogen) atoms. The van der Waals surface area contributed by atoms with Gasteiger partial charge in [0.15, 0.2) is 6.04 Å². The Bertz CT molecular complexity index is 860. The standard InChI is InChI=1S/C14H11F3N2O5/c15-14(16,17)8-4-12(22)24-10-3-6(1-2-7(8)10)19-13(23)9(18)5-11(20)21/h1-4,9H,5,18H2,(H,19,23)(H,20,21)/t9-/m0/s1. The molecule has 0 saturated heterocycles. The van der Waals surface area contributed by atoms with Crippen LogP contribution in [0.1, 0.15) is 12.0 Å². The second-order valence-corrected chi connectivity index (χ2v) is 4.95. The molecule has 0 bridgehead atoms. The Kier molecular flexibility index (Phi) is 4.60. The van der Waals surface area contributed by atoms with E-state index in [0.717, 1.165) is 12.1 Å². The van der Waals surface area contributed by atoms with E-state index in [1.807, 2.05) is 0 Å². The van der Waals surface area contributed by atoms with E-state index in [4.69, 9.17) is 4.42 Å². The van der Waals surface area contributed by atoms with Crippen molar-refractivity contribution in [1.29, 1.82) is 0 Å². The molecule has 0 saturated carbocycles. The zero-order valence-electron chi connectivity index (χ0n) is 12.0. The van der Waals surface area contributed by atoms with Gasteiger partial charge in [-0.2, -0.15) is 13.2 Å². The minimum absolute atomic E-state index is 0.0296. The monoisotopic (exact) mass is 344 g/mol. The van der Waals surface area contributed by atoms with Crippen LogP contribution in [-0.4, -0.2) is 17.9 Å². The number of nitrogens with one attached hydrogen (secondary N) is 1. The highest BCUT2D eigenvalue weighted by Gasteiger charge is 2.33. The Morgan fingerprint density at radius 3 is 2.54 bits per heavy atom. The molecule has 1 aromatic heterocycles. The molecule has 7 nitrogen and oxygen atoms in total. The van der Waals surface area contributed by atoms with Crippen LogP contribution < -0.4 is 21.8 Å². The SMILES string of the molecule is [NH3+][C@@H](CC(=O)[O-])C(=O)Nc1ccc2c(C(F)(F)F)cc(=O)oc2c1. The number of carboxylic acids is 1. The molecule has 0 fully saturated rings. The number of aliphatic carboxylic acids is 1. The van der Waals surface area contributed by atoms with E-state index < -0.39 is 41.7 Å². The number of anilines is 1. The molecule has 0 radical (unpaired) electrons. The number of fused-ring (bicyclic) bond motifs is 1. The summed E-state index contributed by atoms with van der Waals surface area (Å²) in [6.07, 6.45) is -5.36. The van der Waals surface area contributed by atoms with E-state index in [0.29, 0.717) is 6.07 Å². The summed E-state index contributed by atoms with van der Waals surface area (Å²) in [5, 5.41) is 12.4. The Hall–Kier alpha value is -2.88. The summed E-state index contributed by atoms with van der Waals surface area (Å²) in [4.78, 5) is 33.4. The van der Waals surface area contributed by atoms with Crippen LogP contribution >= 0.6 is 0 Å². The molecule has 0 aliphatic rings. The van der Waals surface area contributed by atoms with Crippen LogP contribution in [-0.2, 0) is 15.8 Å². The number of halogens is 3. The molecule has 10 heteroatoms. The van der Waals surface area contributed by atoms with Crippen LogP contribution in [0.25, 0.3) is 11.0 Å². The number of benzene rings is 1. The molecule has 128 valence electrons. The van der Waals surface area contributed by atoms with E-state index in [2.05, 4.69) is 11.1 Å². The smallest absolute Gasteiger partial charge is 0.417 e. The zero-order valence-corrected chi connectivity index (χ0v) is 12.0. The third kappa shape index (κ3) is 3.90. The lowest BCUT2D eigenvalue weighted by atomic mass is 10.1. The molecule has 0 aliphatic heterocycles. The van der Waals surface area contributed by atoms with Crippen molar-refractivity contribution in [2.24, 2.45) is 0 Å². The van der Waals surface area contributed by atoms with Gasteiger partial charge >= 0.3 is 11.8 Å². The maximum Gasteiger partial charge on any atom is 0.417 e. The zero-order chi connectivity index (χ0) is 18.1. The topological polar surface area (TPSA) is 127 Å². The number of carbonyl (C=O) groups excluding carboxylic acids is 2. The first kappa shape index (κ1) is 17.5. The van der Waals surface area contributed by atoms with Gasteiger partial charge in [-0.05, 0) is 12.1 Å². The van der Waals surface area contributed by atoms with Gasteiger partial charge in [0, 0.05) is 35.6 Å². The van der Waals surface area contributed by atoms with Gasteiger partial charge in [-0.15, -0.1) is 0 Å². The summed E-state index contributed by atoms with van der Waals surface area (Å²) in [5.41, 5.74) is 0.661. The first-order chi connectivity index (χ1) is 11.1. The predicted molar refractivity (Wildman–Crippen MR) is 72.4 cm³/mol. The van der Waals surface area contributed by atoms with Crippen molar-refractivity contribution in [3.05, 3.63) is 40.2 Å². The summed E-state index contributed by atoms with van der Waals surface area (Å²) in [6.45, 7) is 0. The molecule has 0 spiro atoms. The average Bonchev–Trinajstić information content (AvgIpc) is 2.44. The van der Waals surface area contributed by atoms with E-state index in [-0.39, 0.29) is 16.7 Å². The molecular weight excluding hydrogens is 333 g/mol. The normalized spacial score (nSPS) is 12.8. The van der Waals surface area contributed by atoms with E-state index >= 15 is 0 Å². The quantitative estimate of drug-likeness (QED) is 0.723. The minimum atomic E-state index is -4.74. The Morgan fingerprint density at radius 2 is 1.96 bits per heavy atom. The molecule has 2 aromatic rings. The van der Waals surface area contributed by atoms with Crippen molar-refractivity contribution in [3.8, 4) is 0 Å². The molecule has 1 heterocycles. The second kappa shape index (κ2) is 6.32. The molecule has 1 amide bonds. The number of amides is 1. The van der Waals surface area contributed by atoms with E-state index in [1.54, 1.807) is 0 Å². The van der Waals surface area contributed by atoms with E-state index in [1.165, 1.54) is 6.07 Å². The maximum atomic E-state index is 12.9. The Balaban J connectivity index is 2.37. The fourth-order valence-corrected chi connectivity index (χ4v) is 2.01. The van der Waals surface area contributed by atoms with Crippen LogP contribution in [0, 0.1) is 0 Å². The molecule has 1 atom stereocenters. The molecule has 2 rings (SSSR count). The summed E-state index contributed by atoms with van der Waals surface area (Å²) in [5.74, 6) is -2.24. The molecule has 4 N–H and O–H groups in total. The lowest BCUT2D eigenvalue weighted by Crippen LogP contribution is -2.67. The first-order valence-corrected chi connectivity index (χ1v) is 6.57. The van der Waals surface area contributed by atoms with Crippen molar-refractivity contribution < 1.29 is 38.0 Å². The summed E-state index contributed by atoms with van der Waals surface area (Å²) < 4.78 is 43.5. The molecular formula is C14H11F3N2O5. The van der Waals surface area contributed by atoms with Crippen LogP contribution in [0.5, 0.6) is 0 Å². The van der Waals surface area contributed by atoms with Crippen molar-refractivity contribution in [1.82, 2.24) is 0 Å². The lowest BCUT2D eigenvalue weighted by Gasteiger charge is -2.12. The van der Waals surface area contributed by atoms with Crippen LogP contribution in [0.3, 0.4) is 0 Å². The Morgan fingerprint density at radius 1 is 1.29 bits per heavy atom. The van der Waals surface area contributed by atoms with Gasteiger partial charge in [-0.3, -0.25) is 4.79 Å². The average molecular weight is 344 g/mol. The number of alkyl halides is 3. The van der Waals surface area contributed by atoms with Gasteiger partial charge in [-0.1, -0.05) is 0 Å². The van der Waals surface area contributed by atoms with Crippen LogP contribution in [0.15, 0.2) is 33.5 Å². The largest absolute Gasteiger partial charge is 0.550 e. The highest BCUT2D eigenvalue weighted by Crippen LogP contribution is 2.34. The highest BCUT2D eigenvalue weighted by molar-refractivity contribution is 5.97. The molecule has 0 unspecified atom stereocenters. The van der Waals surface area contributed by atoms with Crippen molar-refractivity contribution in [2.45, 2.75) is 18.6 Å². The van der Waals surface area contributed by atoms with Crippen molar-refractivity contribution >= 4 is 28.5 Å². The third-order valence-corrected chi connectivity index (χ3v) is 3.10. The van der Waals surface area contributed by atoms with Crippen molar-refractivity contribution in [2.75, 3.05) is 5.32 Å². The van der Waals surface area contributed by atoms with Crippen LogP contribution in [0.2, 0.25) is 0 Å². The molecule has 0 aliphatic carbocycles. The number of carboxylic acid groups (broad SMARTS) is 1. The minimum Gasteiger partial charge on any atom is -0.550 e. The van der Waals surface area contributed by atoms with Gasteiger partial charge in [0.25, 0.3) is 5.91 Å². The maximum absolute atomic E-state index is 12.9. The van der Waals surface area contributed by atoms with Crippen molar-refractivity contribution in [3.63, 3.8) is 0 Å². The third-order valence-electron chi connectivity index (χ3n) is 3.10. The highest BCUT2D eigenvalue weighted by atomic mass is 19.4.